The number of nitrogens with zero attached hydrogens (tertiary/aromatic N) is 1. The molecule has 0 bridgehead atoms. The van der Waals surface area contributed by atoms with E-state index in [0.29, 0.717) is 45.2 Å². The predicted octanol–water partition coefficient (Wildman–Crippen LogP) is 1.88. The monoisotopic (exact) mass is 404 g/mol. The number of likely N-dealkylation sites (tertiary alicyclic amines) is 1. The summed E-state index contributed by atoms with van der Waals surface area (Å²) in [5.74, 6) is -0.627. The van der Waals surface area contributed by atoms with Crippen molar-refractivity contribution in [3.63, 3.8) is 0 Å². The van der Waals surface area contributed by atoms with Crippen molar-refractivity contribution in [3.8, 4) is 0 Å². The number of hydrogen-bond donors (Lipinski definition) is 4. The van der Waals surface area contributed by atoms with E-state index in [1.807, 2.05) is 26.0 Å². The van der Waals surface area contributed by atoms with Gasteiger partial charge < -0.3 is 16.0 Å². The Kier molecular flexibility index (Phi) is 8.01. The number of aryl methyl sites for hydroxylation is 2. The molecule has 1 heterocycles. The Labute approximate surface area is 171 Å². The maximum atomic E-state index is 13.1. The molecule has 0 radical (unpaired) electrons. The van der Waals surface area contributed by atoms with Crippen LogP contribution in [0.15, 0.2) is 24.3 Å². The van der Waals surface area contributed by atoms with Gasteiger partial charge in [-0.2, -0.15) is 0 Å². The van der Waals surface area contributed by atoms with Crippen molar-refractivity contribution in [1.82, 2.24) is 15.7 Å². The van der Waals surface area contributed by atoms with Gasteiger partial charge in [-0.3, -0.25) is 14.8 Å². The molecule has 8 heteroatoms. The van der Waals surface area contributed by atoms with Gasteiger partial charge in [0.1, 0.15) is 6.04 Å². The minimum absolute atomic E-state index is 0.0472. The molecule has 160 valence electrons. The van der Waals surface area contributed by atoms with Crippen LogP contribution in [0, 0.1) is 12.3 Å². The molecular weight excluding hydrogens is 372 g/mol. The van der Waals surface area contributed by atoms with E-state index in [1.165, 1.54) is 11.1 Å². The second-order valence-electron chi connectivity index (χ2n) is 8.08. The van der Waals surface area contributed by atoms with Crippen LogP contribution in [0.25, 0.3) is 0 Å². The Bertz CT molecular complexity index is 739. The molecule has 1 aliphatic rings. The number of nitrogens with one attached hydrogen (secondary N) is 2. The number of carbonyl (C=O) groups excluding carboxylic acids is 3. The van der Waals surface area contributed by atoms with Crippen LogP contribution in [0.5, 0.6) is 0 Å². The van der Waals surface area contributed by atoms with Crippen LogP contribution in [0.3, 0.4) is 0 Å². The van der Waals surface area contributed by atoms with Crippen molar-refractivity contribution in [3.05, 3.63) is 35.4 Å². The third-order valence-electron chi connectivity index (χ3n) is 5.72. The fraction of sp³-hybridized carbons (Fsp3) is 0.571. The largest absolute Gasteiger partial charge is 0.352 e. The van der Waals surface area contributed by atoms with Gasteiger partial charge in [0.15, 0.2) is 0 Å². The number of urea groups is 1. The molecule has 0 saturated carbocycles. The van der Waals surface area contributed by atoms with E-state index in [4.69, 9.17) is 10.9 Å². The molecule has 2 atom stereocenters. The zero-order valence-electron chi connectivity index (χ0n) is 17.2. The lowest BCUT2D eigenvalue weighted by Gasteiger charge is -2.29. The van der Waals surface area contributed by atoms with Gasteiger partial charge in [0.2, 0.25) is 5.91 Å². The van der Waals surface area contributed by atoms with E-state index in [0.717, 1.165) is 6.42 Å². The Morgan fingerprint density at radius 1 is 1.34 bits per heavy atom. The van der Waals surface area contributed by atoms with Crippen molar-refractivity contribution in [2.45, 2.75) is 58.4 Å². The van der Waals surface area contributed by atoms with Crippen molar-refractivity contribution < 1.29 is 19.6 Å². The number of amides is 4. The third-order valence-corrected chi connectivity index (χ3v) is 5.72. The smallest absolute Gasteiger partial charge is 0.312 e. The number of hydrogen-bond acceptors (Lipinski definition) is 4. The molecular formula is C21H32N4O4. The molecule has 1 fully saturated rings. The number of rotatable bonds is 10. The summed E-state index contributed by atoms with van der Waals surface area (Å²) in [5.41, 5.74) is 8.59. The first kappa shape index (κ1) is 22.7. The molecule has 0 aromatic heterocycles. The van der Waals surface area contributed by atoms with E-state index in [2.05, 4.69) is 17.4 Å². The summed E-state index contributed by atoms with van der Waals surface area (Å²) in [4.78, 5) is 37.7. The van der Waals surface area contributed by atoms with Gasteiger partial charge in [-0.15, -0.1) is 0 Å². The summed E-state index contributed by atoms with van der Waals surface area (Å²) >= 11 is 0. The number of unbranched alkanes of at least 4 members (excludes halogenated alkanes) is 1. The normalized spacial score (nSPS) is 19.8. The number of carbonyl (C=O) groups is 3. The Hall–Kier alpha value is -2.61. The topological polar surface area (TPSA) is 125 Å². The molecule has 8 nitrogen and oxygen atoms in total. The fourth-order valence-corrected chi connectivity index (χ4v) is 3.92. The molecule has 0 aliphatic carbocycles. The second kappa shape index (κ2) is 10.2. The van der Waals surface area contributed by atoms with Gasteiger partial charge in [0.05, 0.1) is 0 Å². The first-order valence-electron chi connectivity index (χ1n) is 10.1. The van der Waals surface area contributed by atoms with Gasteiger partial charge >= 0.3 is 6.03 Å². The molecule has 1 aromatic carbocycles. The van der Waals surface area contributed by atoms with Crippen LogP contribution >= 0.6 is 0 Å². The van der Waals surface area contributed by atoms with Gasteiger partial charge in [-0.1, -0.05) is 36.8 Å². The molecule has 2 rings (SSSR count). The number of benzene rings is 1. The lowest BCUT2D eigenvalue weighted by atomic mass is 9.82. The fourth-order valence-electron chi connectivity index (χ4n) is 3.92. The maximum absolute atomic E-state index is 13.1. The molecule has 1 unspecified atom stereocenters. The zero-order chi connectivity index (χ0) is 21.4. The Balaban J connectivity index is 1.97. The maximum Gasteiger partial charge on any atom is 0.312 e. The van der Waals surface area contributed by atoms with Crippen molar-refractivity contribution in [2.24, 2.45) is 11.1 Å². The molecule has 1 aliphatic heterocycles. The van der Waals surface area contributed by atoms with E-state index in [9.17, 15) is 14.4 Å². The van der Waals surface area contributed by atoms with Crippen molar-refractivity contribution >= 4 is 17.8 Å². The van der Waals surface area contributed by atoms with Crippen LogP contribution in [0.2, 0.25) is 0 Å². The highest BCUT2D eigenvalue weighted by molar-refractivity contribution is 5.91. The first-order chi connectivity index (χ1) is 13.8. The van der Waals surface area contributed by atoms with E-state index in [-0.39, 0.29) is 5.91 Å². The van der Waals surface area contributed by atoms with E-state index >= 15 is 0 Å². The summed E-state index contributed by atoms with van der Waals surface area (Å²) in [6.07, 6.45) is 3.84. The average Bonchev–Trinajstić information content (AvgIpc) is 2.98. The molecule has 4 amide bonds. The second-order valence-corrected chi connectivity index (χ2v) is 8.08. The minimum atomic E-state index is -0.720. The van der Waals surface area contributed by atoms with Crippen LogP contribution < -0.4 is 16.5 Å². The van der Waals surface area contributed by atoms with Gasteiger partial charge in [0.25, 0.3) is 5.91 Å². The van der Waals surface area contributed by atoms with Gasteiger partial charge in [0, 0.05) is 18.5 Å². The molecule has 1 aromatic rings. The van der Waals surface area contributed by atoms with Gasteiger partial charge in [-0.25, -0.2) is 10.3 Å². The van der Waals surface area contributed by atoms with E-state index in [1.54, 1.807) is 10.4 Å². The summed E-state index contributed by atoms with van der Waals surface area (Å²) < 4.78 is 0. The van der Waals surface area contributed by atoms with Crippen LogP contribution in [0.1, 0.15) is 50.2 Å². The number of nitrogens with two attached hydrogens (primary N) is 1. The quantitative estimate of drug-likeness (QED) is 0.270. The molecule has 1 saturated heterocycles. The lowest BCUT2D eigenvalue weighted by molar-refractivity contribution is -0.146. The van der Waals surface area contributed by atoms with Crippen molar-refractivity contribution in [1.29, 1.82) is 0 Å². The van der Waals surface area contributed by atoms with E-state index < -0.39 is 23.4 Å². The summed E-state index contributed by atoms with van der Waals surface area (Å²) in [7, 11) is 0. The first-order valence-corrected chi connectivity index (χ1v) is 10.1. The summed E-state index contributed by atoms with van der Waals surface area (Å²) in [6.45, 7) is 4.90. The summed E-state index contributed by atoms with van der Waals surface area (Å²) in [5, 5.41) is 11.6. The Morgan fingerprint density at radius 3 is 2.76 bits per heavy atom. The molecule has 0 spiro atoms. The van der Waals surface area contributed by atoms with Crippen LogP contribution in [-0.4, -0.2) is 47.1 Å². The highest BCUT2D eigenvalue weighted by Crippen LogP contribution is 2.37. The zero-order valence-corrected chi connectivity index (χ0v) is 17.2. The number of hydroxylamine groups is 1. The number of primary amides is 1. The predicted molar refractivity (Wildman–Crippen MR) is 109 cm³/mol. The lowest BCUT2D eigenvalue weighted by Crippen LogP contribution is -2.48. The standard InChI is InChI=1S/C21H32N4O4/c1-15-6-5-7-16(14-15)9-10-21(2)11-13-25(19(21)27)17(18(26)24-29)8-3-4-12-23-20(22)28/h5-7,14,17,29H,3-4,8-13H2,1-2H3,(H,24,26)(H3,22,23,28)/t17-,21?/m1/s1. The average molecular weight is 405 g/mol. The highest BCUT2D eigenvalue weighted by atomic mass is 16.5. The molecule has 29 heavy (non-hydrogen) atoms. The highest BCUT2D eigenvalue weighted by Gasteiger charge is 2.46. The van der Waals surface area contributed by atoms with Crippen LogP contribution in [0.4, 0.5) is 4.79 Å². The van der Waals surface area contributed by atoms with Gasteiger partial charge in [-0.05, 0) is 51.0 Å². The Morgan fingerprint density at radius 2 is 2.10 bits per heavy atom. The SMILES string of the molecule is Cc1cccc(CCC2(C)CCN([C@H](CCCCNC(N)=O)C(=O)NO)C2=O)c1. The van der Waals surface area contributed by atoms with Crippen molar-refractivity contribution in [2.75, 3.05) is 13.1 Å². The minimum Gasteiger partial charge on any atom is -0.352 e. The summed E-state index contributed by atoms with van der Waals surface area (Å²) in [6, 6.07) is 6.95. The van der Waals surface area contributed by atoms with Crippen LogP contribution in [-0.2, 0) is 16.0 Å². The molecule has 5 N–H and O–H groups in total. The third kappa shape index (κ3) is 6.19.